The number of Topliss-reactive ketones (excluding diaryl/α,β-unsaturated/α-hetero) is 2. The molecule has 2 heterocycles. The number of aromatic nitrogens is 2. The number of carbonyl (C=O) groups excluding carboxylic acids is 4. The third-order valence-corrected chi connectivity index (χ3v) is 9.71. The number of ketones is 2. The quantitative estimate of drug-likeness (QED) is 0.100. The van der Waals surface area contributed by atoms with Gasteiger partial charge in [-0.05, 0) is 83.7 Å². The maximum Gasteiger partial charge on any atom is 0.222 e. The topological polar surface area (TPSA) is 101 Å². The summed E-state index contributed by atoms with van der Waals surface area (Å²) < 4.78 is 0. The van der Waals surface area contributed by atoms with Crippen LogP contribution in [0.15, 0.2) is 109 Å². The van der Waals surface area contributed by atoms with Gasteiger partial charge in [0.2, 0.25) is 11.8 Å². The molecule has 0 radical (unpaired) electrons. The highest BCUT2D eigenvalue weighted by atomic mass is 16.2. The molecule has 4 aromatic rings. The van der Waals surface area contributed by atoms with Crippen LogP contribution in [0.4, 0.5) is 0 Å². The van der Waals surface area contributed by atoms with Crippen LogP contribution in [0.25, 0.3) is 0 Å². The van der Waals surface area contributed by atoms with Crippen molar-refractivity contribution in [3.05, 3.63) is 132 Å². The van der Waals surface area contributed by atoms with Gasteiger partial charge in [0, 0.05) is 63.6 Å². The van der Waals surface area contributed by atoms with Crippen LogP contribution >= 0.6 is 0 Å². The van der Waals surface area contributed by atoms with Gasteiger partial charge in [-0.1, -0.05) is 114 Å². The highest BCUT2D eigenvalue weighted by Gasteiger charge is 2.23. The van der Waals surface area contributed by atoms with Crippen molar-refractivity contribution in [3.8, 4) is 0 Å². The van der Waals surface area contributed by atoms with Crippen LogP contribution in [0.5, 0.6) is 0 Å². The number of likely N-dealkylation sites (N-methyl/N-ethyl adjacent to an activating group) is 2. The summed E-state index contributed by atoms with van der Waals surface area (Å²) in [7, 11) is 3.44. The monoisotopic (exact) mass is 760 g/mol. The Labute approximate surface area is 336 Å². The van der Waals surface area contributed by atoms with Crippen molar-refractivity contribution in [2.45, 2.75) is 105 Å². The molecule has 0 aliphatic carbocycles. The summed E-state index contributed by atoms with van der Waals surface area (Å²) in [6.45, 7) is 13.0. The summed E-state index contributed by atoms with van der Waals surface area (Å²) >= 11 is 0. The predicted molar refractivity (Wildman–Crippen MR) is 226 cm³/mol. The number of pyridine rings is 2. The van der Waals surface area contributed by atoms with Gasteiger partial charge in [-0.2, -0.15) is 0 Å². The van der Waals surface area contributed by atoms with Crippen molar-refractivity contribution in [2.24, 2.45) is 10.8 Å². The van der Waals surface area contributed by atoms with Gasteiger partial charge in [-0.15, -0.1) is 0 Å². The highest BCUT2D eigenvalue weighted by Crippen LogP contribution is 2.26. The number of hydrogen-bond donors (Lipinski definition) is 0. The van der Waals surface area contributed by atoms with E-state index in [0.29, 0.717) is 38.5 Å². The maximum absolute atomic E-state index is 12.7. The fourth-order valence-corrected chi connectivity index (χ4v) is 6.34. The largest absolute Gasteiger partial charge is 0.338 e. The summed E-state index contributed by atoms with van der Waals surface area (Å²) in [4.78, 5) is 62.1. The van der Waals surface area contributed by atoms with E-state index >= 15 is 0 Å². The van der Waals surface area contributed by atoms with E-state index in [1.54, 1.807) is 36.3 Å². The van der Waals surface area contributed by atoms with Crippen LogP contribution in [0.1, 0.15) is 114 Å². The van der Waals surface area contributed by atoms with E-state index in [9.17, 15) is 19.2 Å². The Balaban J connectivity index is 0.000000300. The molecule has 0 aliphatic rings. The smallest absolute Gasteiger partial charge is 0.222 e. The second-order valence-corrected chi connectivity index (χ2v) is 17.4. The second kappa shape index (κ2) is 22.5. The van der Waals surface area contributed by atoms with Crippen molar-refractivity contribution >= 4 is 23.4 Å². The second-order valence-electron chi connectivity index (χ2n) is 17.4. The number of amides is 2. The lowest BCUT2D eigenvalue weighted by Crippen LogP contribution is -2.33. The minimum absolute atomic E-state index is 0.0317. The fraction of sp³-hybridized carbons (Fsp3) is 0.458. The zero-order valence-electron chi connectivity index (χ0n) is 35.0. The van der Waals surface area contributed by atoms with E-state index in [0.717, 1.165) is 35.4 Å². The molecule has 0 aliphatic heterocycles. The van der Waals surface area contributed by atoms with Crippen LogP contribution in [-0.2, 0) is 32.0 Å². The zero-order chi connectivity index (χ0) is 41.1. The molecule has 0 fully saturated rings. The van der Waals surface area contributed by atoms with Gasteiger partial charge >= 0.3 is 0 Å². The lowest BCUT2D eigenvalue weighted by molar-refractivity contribution is -0.134. The molecule has 8 nitrogen and oxygen atoms in total. The van der Waals surface area contributed by atoms with Gasteiger partial charge in [0.1, 0.15) is 0 Å². The van der Waals surface area contributed by atoms with Crippen LogP contribution in [0.3, 0.4) is 0 Å². The normalized spacial score (nSPS) is 12.4. The first kappa shape index (κ1) is 45.4. The minimum Gasteiger partial charge on any atom is -0.338 e. The average molecular weight is 761 g/mol. The van der Waals surface area contributed by atoms with E-state index in [1.807, 2.05) is 72.8 Å². The van der Waals surface area contributed by atoms with Crippen LogP contribution in [0, 0.1) is 10.8 Å². The number of rotatable bonds is 18. The van der Waals surface area contributed by atoms with Crippen LogP contribution in [0.2, 0.25) is 0 Å². The molecule has 0 N–H and O–H groups in total. The molecule has 2 aromatic carbocycles. The summed E-state index contributed by atoms with van der Waals surface area (Å²) in [5, 5.41) is 0. The molecular weight excluding hydrogens is 697 g/mol. The molecule has 56 heavy (non-hydrogen) atoms. The molecule has 300 valence electrons. The first-order valence-corrected chi connectivity index (χ1v) is 19.9. The Morgan fingerprint density at radius 3 is 1.16 bits per heavy atom. The van der Waals surface area contributed by atoms with Gasteiger partial charge in [0.15, 0.2) is 11.6 Å². The summed E-state index contributed by atoms with van der Waals surface area (Å²) in [6.07, 6.45) is 8.35. The fourth-order valence-electron chi connectivity index (χ4n) is 6.34. The van der Waals surface area contributed by atoms with Crippen molar-refractivity contribution in [2.75, 3.05) is 27.2 Å². The van der Waals surface area contributed by atoms with Gasteiger partial charge in [-0.25, -0.2) is 0 Å². The predicted octanol–water partition coefficient (Wildman–Crippen LogP) is 9.30. The van der Waals surface area contributed by atoms with E-state index in [2.05, 4.69) is 75.8 Å². The number of hydrogen-bond acceptors (Lipinski definition) is 6. The third-order valence-electron chi connectivity index (χ3n) is 9.71. The molecule has 0 saturated heterocycles. The van der Waals surface area contributed by atoms with E-state index in [4.69, 9.17) is 0 Å². The highest BCUT2D eigenvalue weighted by molar-refractivity contribution is 5.87. The lowest BCUT2D eigenvalue weighted by Gasteiger charge is -2.22. The Kier molecular flexibility index (Phi) is 18.3. The van der Waals surface area contributed by atoms with E-state index in [-0.39, 0.29) is 59.1 Å². The van der Waals surface area contributed by atoms with Gasteiger partial charge in [0.05, 0.1) is 13.1 Å². The molecule has 2 aromatic heterocycles. The third kappa shape index (κ3) is 18.1. The molecule has 2 amide bonds. The van der Waals surface area contributed by atoms with Gasteiger partial charge in [-0.3, -0.25) is 29.1 Å². The van der Waals surface area contributed by atoms with Crippen molar-refractivity contribution < 1.29 is 19.2 Å². The lowest BCUT2D eigenvalue weighted by atomic mass is 9.89. The van der Waals surface area contributed by atoms with Gasteiger partial charge < -0.3 is 9.80 Å². The molecule has 8 heteroatoms. The van der Waals surface area contributed by atoms with Crippen LogP contribution < -0.4 is 0 Å². The van der Waals surface area contributed by atoms with E-state index in [1.165, 1.54) is 0 Å². The van der Waals surface area contributed by atoms with Gasteiger partial charge in [0.25, 0.3) is 0 Å². The SMILES string of the molecule is CN(CC(=O)C[C@@H](Cc1ccccn1)c1ccccc1)C(=O)CCC(C)(C)C.CN(CC(=O)C[C@@H](Cc1ccccn1)c1ccccc1)C(=O)CCC(C)(C)C. The van der Waals surface area contributed by atoms with Crippen molar-refractivity contribution in [3.63, 3.8) is 0 Å². The van der Waals surface area contributed by atoms with E-state index < -0.39 is 0 Å². The summed E-state index contributed by atoms with van der Waals surface area (Å²) in [5.41, 5.74) is 4.42. The number of benzene rings is 2. The first-order valence-electron chi connectivity index (χ1n) is 19.9. The maximum atomic E-state index is 12.7. The molecule has 0 unspecified atom stereocenters. The Morgan fingerprint density at radius 2 is 0.857 bits per heavy atom. The zero-order valence-corrected chi connectivity index (χ0v) is 35.0. The summed E-state index contributed by atoms with van der Waals surface area (Å²) in [6, 6.07) is 31.8. The summed E-state index contributed by atoms with van der Waals surface area (Å²) in [5.74, 6) is 0.338. The van der Waals surface area contributed by atoms with Crippen LogP contribution in [-0.4, -0.2) is 70.3 Å². The average Bonchev–Trinajstić information content (AvgIpc) is 3.16. The molecule has 0 spiro atoms. The first-order chi connectivity index (χ1) is 26.5. The number of nitrogens with zero attached hydrogens (tertiary/aromatic N) is 4. The standard InChI is InChI=1S/2C24H32N2O2/c2*1-24(2,3)14-13-23(28)26(4)18-22(27)17-20(19-10-6-5-7-11-19)16-21-12-8-9-15-25-21/h2*5-12,15,20H,13-14,16-18H2,1-4H3/t2*20-/m11/s1. The van der Waals surface area contributed by atoms with Crippen molar-refractivity contribution in [1.82, 2.24) is 19.8 Å². The molecular formula is C48H64N4O4. The molecule has 0 saturated carbocycles. The molecule has 2 atom stereocenters. The Hall–Kier alpha value is -4.98. The Morgan fingerprint density at radius 1 is 0.518 bits per heavy atom. The minimum atomic E-state index is 0.0317. The Bertz CT molecular complexity index is 1640. The number of carbonyl (C=O) groups is 4. The van der Waals surface area contributed by atoms with Crippen molar-refractivity contribution in [1.29, 1.82) is 0 Å². The molecule has 4 rings (SSSR count). The molecule has 0 bridgehead atoms.